The molecule has 0 amide bonds. The molecule has 0 aromatic carbocycles. The molecule has 4 N–H and O–H groups in total. The summed E-state index contributed by atoms with van der Waals surface area (Å²) in [7, 11) is 0. The Bertz CT molecular complexity index is 176. The molecule has 0 spiro atoms. The van der Waals surface area contributed by atoms with Gasteiger partial charge in [0.1, 0.15) is 0 Å². The van der Waals surface area contributed by atoms with Crippen molar-refractivity contribution in [2.75, 3.05) is 39.4 Å². The van der Waals surface area contributed by atoms with Crippen LogP contribution in [0.25, 0.3) is 10.6 Å². The van der Waals surface area contributed by atoms with E-state index >= 15 is 0 Å². The summed E-state index contributed by atoms with van der Waals surface area (Å²) in [6, 6.07) is 0. The standard InChI is InChI=1S/2C4H8NO3.2Cu/c2*6-2-1-5-3-4(7)8;;/h2*6H,1-3H2,(H,7,8);;/q2*-1;+1;+2. The first kappa shape index (κ1) is 26.4. The van der Waals surface area contributed by atoms with Crippen molar-refractivity contribution in [2.45, 2.75) is 0 Å². The zero-order valence-corrected chi connectivity index (χ0v) is 11.2. The van der Waals surface area contributed by atoms with Crippen molar-refractivity contribution < 1.29 is 64.2 Å². The molecule has 0 atom stereocenters. The van der Waals surface area contributed by atoms with Gasteiger partial charge in [0.25, 0.3) is 11.9 Å². The Morgan fingerprint density at radius 2 is 1.11 bits per heavy atom. The first-order chi connectivity index (χ1) is 7.54. The minimum atomic E-state index is -0.960. The predicted molar refractivity (Wildman–Crippen MR) is 55.6 cm³/mol. The zero-order chi connectivity index (χ0) is 12.8. The maximum atomic E-state index is 9.70. The summed E-state index contributed by atoms with van der Waals surface area (Å²) < 4.78 is 0. The molecular formula is C8H16Cu2N2O6+. The number of rotatable bonds is 8. The van der Waals surface area contributed by atoms with Crippen LogP contribution in [-0.4, -0.2) is 71.8 Å². The van der Waals surface area contributed by atoms with Gasteiger partial charge in [0.2, 0.25) is 0 Å². The van der Waals surface area contributed by atoms with Crippen molar-refractivity contribution in [3.63, 3.8) is 0 Å². The van der Waals surface area contributed by atoms with Crippen LogP contribution in [0.3, 0.4) is 0 Å². The second-order valence-corrected chi connectivity index (χ2v) is 2.45. The SMILES string of the molecule is O=C(O)C[N-]CCO.O=C(O)C[N-]CCO.[Cu+2].[Cu+]. The summed E-state index contributed by atoms with van der Waals surface area (Å²) in [5.41, 5.74) is 0. The van der Waals surface area contributed by atoms with Crippen LogP contribution in [0.5, 0.6) is 0 Å². The van der Waals surface area contributed by atoms with E-state index in [0.29, 0.717) is 0 Å². The van der Waals surface area contributed by atoms with Gasteiger partial charge in [0, 0.05) is 13.2 Å². The molecule has 0 aromatic heterocycles. The second kappa shape index (κ2) is 22.0. The van der Waals surface area contributed by atoms with Crippen LogP contribution in [0.1, 0.15) is 0 Å². The van der Waals surface area contributed by atoms with Crippen LogP contribution in [-0.2, 0) is 43.7 Å². The molecule has 0 saturated carbocycles. The van der Waals surface area contributed by atoms with E-state index in [0.717, 1.165) is 0 Å². The van der Waals surface area contributed by atoms with Crippen LogP contribution in [0.4, 0.5) is 0 Å². The van der Waals surface area contributed by atoms with Crippen LogP contribution in [0.2, 0.25) is 0 Å². The molecule has 0 rings (SSSR count). The molecule has 115 valence electrons. The molecule has 10 heteroatoms. The third-order valence-corrected chi connectivity index (χ3v) is 1.01. The van der Waals surface area contributed by atoms with Crippen molar-refractivity contribution in [1.29, 1.82) is 0 Å². The maximum Gasteiger partial charge on any atom is 2.00 e. The Hall–Kier alpha value is -0.181. The van der Waals surface area contributed by atoms with Gasteiger partial charge in [0.05, 0.1) is 0 Å². The van der Waals surface area contributed by atoms with Gasteiger partial charge < -0.3 is 31.1 Å². The third kappa shape index (κ3) is 36.0. The van der Waals surface area contributed by atoms with E-state index in [4.69, 9.17) is 20.4 Å². The van der Waals surface area contributed by atoms with E-state index in [2.05, 4.69) is 10.6 Å². The van der Waals surface area contributed by atoms with Crippen molar-refractivity contribution in [1.82, 2.24) is 0 Å². The minimum Gasteiger partial charge on any atom is -0.651 e. The Kier molecular flexibility index (Phi) is 32.3. The van der Waals surface area contributed by atoms with Crippen molar-refractivity contribution in [2.24, 2.45) is 0 Å². The van der Waals surface area contributed by atoms with E-state index < -0.39 is 11.9 Å². The van der Waals surface area contributed by atoms with Gasteiger partial charge >= 0.3 is 34.1 Å². The molecule has 0 bridgehead atoms. The fraction of sp³-hybridized carbons (Fsp3) is 0.750. The molecule has 18 heavy (non-hydrogen) atoms. The molecule has 0 fully saturated rings. The van der Waals surface area contributed by atoms with E-state index in [-0.39, 0.29) is 73.5 Å². The molecule has 0 heterocycles. The molecule has 0 unspecified atom stereocenters. The van der Waals surface area contributed by atoms with Gasteiger partial charge in [-0.3, -0.25) is 9.59 Å². The van der Waals surface area contributed by atoms with Gasteiger partial charge in [-0.15, -0.1) is 13.1 Å². The molecule has 0 aliphatic heterocycles. The number of aliphatic carboxylic acids is 2. The fourth-order valence-corrected chi connectivity index (χ4v) is 0.491. The van der Waals surface area contributed by atoms with Crippen LogP contribution in [0.15, 0.2) is 0 Å². The molecule has 1 radical (unpaired) electrons. The molecule has 0 aromatic rings. The Labute approximate surface area is 126 Å². The fourth-order valence-electron chi connectivity index (χ4n) is 0.491. The van der Waals surface area contributed by atoms with Gasteiger partial charge in [-0.05, 0) is 13.1 Å². The van der Waals surface area contributed by atoms with Gasteiger partial charge in [-0.1, -0.05) is 0 Å². The first-order valence-electron chi connectivity index (χ1n) is 4.46. The summed E-state index contributed by atoms with van der Waals surface area (Å²) >= 11 is 0. The Morgan fingerprint density at radius 1 is 0.833 bits per heavy atom. The largest absolute Gasteiger partial charge is 2.00 e. The summed E-state index contributed by atoms with van der Waals surface area (Å²) in [5.74, 6) is -1.92. The number of hydrogen-bond acceptors (Lipinski definition) is 4. The van der Waals surface area contributed by atoms with E-state index in [1.165, 1.54) is 0 Å². The number of aliphatic hydroxyl groups excluding tert-OH is 2. The van der Waals surface area contributed by atoms with Crippen LogP contribution >= 0.6 is 0 Å². The van der Waals surface area contributed by atoms with Crippen molar-refractivity contribution in [3.8, 4) is 0 Å². The van der Waals surface area contributed by atoms with E-state index in [9.17, 15) is 9.59 Å². The predicted octanol–water partition coefficient (Wildman–Crippen LogP) is -1.13. The topological polar surface area (TPSA) is 143 Å². The van der Waals surface area contributed by atoms with E-state index in [1.54, 1.807) is 0 Å². The summed E-state index contributed by atoms with van der Waals surface area (Å²) in [6.07, 6.45) is 0. The Morgan fingerprint density at radius 3 is 1.28 bits per heavy atom. The first-order valence-corrected chi connectivity index (χ1v) is 4.46. The maximum absolute atomic E-state index is 9.70. The molecule has 8 nitrogen and oxygen atoms in total. The second-order valence-electron chi connectivity index (χ2n) is 2.45. The zero-order valence-electron chi connectivity index (χ0n) is 9.35. The molecule has 0 aliphatic carbocycles. The molecule has 0 aliphatic rings. The van der Waals surface area contributed by atoms with Gasteiger partial charge in [-0.25, -0.2) is 0 Å². The Balaban J connectivity index is -0.0000000980. The number of aliphatic hydroxyl groups is 2. The quantitative estimate of drug-likeness (QED) is 0.317. The van der Waals surface area contributed by atoms with Gasteiger partial charge in [0.15, 0.2) is 0 Å². The number of carboxylic acids is 2. The number of nitrogens with zero attached hydrogens (tertiary/aromatic N) is 2. The molecule has 0 saturated heterocycles. The average Bonchev–Trinajstić information content (AvgIpc) is 2.18. The monoisotopic (exact) mass is 362 g/mol. The summed E-state index contributed by atoms with van der Waals surface area (Å²) in [4.78, 5) is 19.4. The summed E-state index contributed by atoms with van der Waals surface area (Å²) in [5, 5.41) is 39.0. The van der Waals surface area contributed by atoms with Crippen LogP contribution < -0.4 is 0 Å². The number of hydrogen-bond donors (Lipinski definition) is 4. The van der Waals surface area contributed by atoms with Gasteiger partial charge in [-0.2, -0.15) is 0 Å². The van der Waals surface area contributed by atoms with Crippen molar-refractivity contribution >= 4 is 11.9 Å². The van der Waals surface area contributed by atoms with Crippen LogP contribution in [0, 0.1) is 0 Å². The normalized spacial score (nSPS) is 8.11. The third-order valence-electron chi connectivity index (χ3n) is 1.01. The van der Waals surface area contributed by atoms with E-state index in [1.807, 2.05) is 0 Å². The average molecular weight is 363 g/mol. The number of carbonyl (C=O) groups is 2. The molecular weight excluding hydrogens is 347 g/mol. The summed E-state index contributed by atoms with van der Waals surface area (Å²) in [6.45, 7) is -0.139. The number of carboxylic acid groups (broad SMARTS) is 2. The minimum absolute atomic E-state index is 0. The van der Waals surface area contributed by atoms with Crippen molar-refractivity contribution in [3.05, 3.63) is 10.6 Å². The smallest absolute Gasteiger partial charge is 0.651 e.